The lowest BCUT2D eigenvalue weighted by Gasteiger charge is -2.31. The van der Waals surface area contributed by atoms with Gasteiger partial charge in [-0.05, 0) is 39.4 Å². The lowest BCUT2D eigenvalue weighted by molar-refractivity contribution is -0.00466. The Morgan fingerprint density at radius 1 is 0.792 bits per heavy atom. The van der Waals surface area contributed by atoms with Gasteiger partial charge in [0.15, 0.2) is 0 Å². The van der Waals surface area contributed by atoms with Crippen LogP contribution in [0.1, 0.15) is 32.6 Å². The zero-order valence-corrected chi connectivity index (χ0v) is 15.8. The van der Waals surface area contributed by atoms with Crippen LogP contribution < -0.4 is 5.32 Å². The van der Waals surface area contributed by atoms with E-state index >= 15 is 0 Å². The van der Waals surface area contributed by atoms with Crippen LogP contribution in [0.2, 0.25) is 0 Å². The minimum Gasteiger partial charge on any atom is -0.379 e. The zero-order valence-electron chi connectivity index (χ0n) is 15.8. The van der Waals surface area contributed by atoms with E-state index in [0.29, 0.717) is 45.7 Å². The summed E-state index contributed by atoms with van der Waals surface area (Å²) in [6.45, 7) is 11.0. The summed E-state index contributed by atoms with van der Waals surface area (Å²) in [4.78, 5) is 2.48. The second-order valence-electron chi connectivity index (χ2n) is 6.21. The van der Waals surface area contributed by atoms with Gasteiger partial charge in [0.05, 0.1) is 46.2 Å². The molecule has 1 saturated heterocycles. The van der Waals surface area contributed by atoms with Crippen molar-refractivity contribution in [3.63, 3.8) is 0 Å². The van der Waals surface area contributed by atoms with Gasteiger partial charge in [-0.15, -0.1) is 0 Å². The third-order valence-electron chi connectivity index (χ3n) is 4.31. The molecule has 0 aromatic heterocycles. The smallest absolute Gasteiger partial charge is 0.0701 e. The van der Waals surface area contributed by atoms with Crippen LogP contribution >= 0.6 is 0 Å². The number of hydrogen-bond acceptors (Lipinski definition) is 6. The quantitative estimate of drug-likeness (QED) is 0.428. The van der Waals surface area contributed by atoms with Gasteiger partial charge < -0.3 is 29.2 Å². The van der Waals surface area contributed by atoms with Crippen LogP contribution in [0.3, 0.4) is 0 Å². The summed E-state index contributed by atoms with van der Waals surface area (Å²) >= 11 is 0. The summed E-state index contributed by atoms with van der Waals surface area (Å²) in [7, 11) is 2.05. The van der Waals surface area contributed by atoms with Gasteiger partial charge in [-0.25, -0.2) is 0 Å². The van der Waals surface area contributed by atoms with Crippen LogP contribution in [0.15, 0.2) is 0 Å². The summed E-state index contributed by atoms with van der Waals surface area (Å²) in [5.74, 6) is 0. The molecule has 0 aliphatic carbocycles. The topological polar surface area (TPSA) is 52.2 Å². The van der Waals surface area contributed by atoms with Crippen molar-refractivity contribution in [2.45, 2.75) is 38.6 Å². The van der Waals surface area contributed by atoms with Crippen LogP contribution in [0.4, 0.5) is 0 Å². The monoisotopic (exact) mass is 346 g/mol. The summed E-state index contributed by atoms with van der Waals surface area (Å²) in [6, 6.07) is 0.695. The second-order valence-corrected chi connectivity index (χ2v) is 6.21. The molecule has 0 bridgehead atoms. The van der Waals surface area contributed by atoms with Crippen LogP contribution in [-0.2, 0) is 18.9 Å². The minimum absolute atomic E-state index is 0.621. The Hall–Kier alpha value is -0.240. The number of rotatable bonds is 16. The Balaban J connectivity index is 1.72. The molecule has 0 amide bonds. The van der Waals surface area contributed by atoms with E-state index in [2.05, 4.69) is 24.2 Å². The summed E-state index contributed by atoms with van der Waals surface area (Å²) in [5.41, 5.74) is 0. The number of nitrogens with zero attached hydrogens (tertiary/aromatic N) is 1. The highest BCUT2D eigenvalue weighted by Gasteiger charge is 2.16. The molecule has 0 unspecified atom stereocenters. The Labute approximate surface area is 148 Å². The largest absolute Gasteiger partial charge is 0.379 e. The highest BCUT2D eigenvalue weighted by atomic mass is 16.6. The Morgan fingerprint density at radius 3 is 1.79 bits per heavy atom. The maximum atomic E-state index is 5.63. The predicted octanol–water partition coefficient (Wildman–Crippen LogP) is 1.54. The molecule has 0 spiro atoms. The zero-order chi connectivity index (χ0) is 17.3. The minimum atomic E-state index is 0.621. The average Bonchev–Trinajstić information content (AvgIpc) is 2.62. The van der Waals surface area contributed by atoms with Crippen molar-refractivity contribution < 1.29 is 18.9 Å². The number of hydrogen-bond donors (Lipinski definition) is 1. The fourth-order valence-corrected chi connectivity index (χ4v) is 2.65. The molecule has 1 N–H and O–H groups in total. The maximum Gasteiger partial charge on any atom is 0.0701 e. The van der Waals surface area contributed by atoms with Crippen molar-refractivity contribution >= 4 is 0 Å². The molecule has 24 heavy (non-hydrogen) atoms. The molecule has 0 aromatic rings. The normalized spacial score (nSPS) is 16.8. The molecule has 0 saturated carbocycles. The van der Waals surface area contributed by atoms with Crippen molar-refractivity contribution in [3.8, 4) is 0 Å². The van der Waals surface area contributed by atoms with Crippen molar-refractivity contribution in [3.05, 3.63) is 0 Å². The lowest BCUT2D eigenvalue weighted by atomic mass is 10.1. The highest BCUT2D eigenvalue weighted by molar-refractivity contribution is 4.75. The van der Waals surface area contributed by atoms with Crippen molar-refractivity contribution in [2.75, 3.05) is 79.5 Å². The van der Waals surface area contributed by atoms with Gasteiger partial charge in [-0.3, -0.25) is 0 Å². The molecule has 1 fully saturated rings. The van der Waals surface area contributed by atoms with Crippen molar-refractivity contribution in [1.29, 1.82) is 0 Å². The van der Waals surface area contributed by atoms with Gasteiger partial charge in [-0.1, -0.05) is 13.3 Å². The van der Waals surface area contributed by atoms with Crippen LogP contribution in [-0.4, -0.2) is 90.5 Å². The number of unbranched alkanes of at least 4 members (excludes halogenated alkanes) is 1. The van der Waals surface area contributed by atoms with Crippen molar-refractivity contribution in [1.82, 2.24) is 10.2 Å². The third-order valence-corrected chi connectivity index (χ3v) is 4.31. The summed E-state index contributed by atoms with van der Waals surface area (Å²) in [6.07, 6.45) is 4.77. The van der Waals surface area contributed by atoms with Gasteiger partial charge in [-0.2, -0.15) is 0 Å². The number of ether oxygens (including phenoxy) is 4. The predicted molar refractivity (Wildman–Crippen MR) is 96.7 cm³/mol. The number of piperidine rings is 1. The van der Waals surface area contributed by atoms with Gasteiger partial charge in [0.25, 0.3) is 0 Å². The first-order chi connectivity index (χ1) is 11.9. The van der Waals surface area contributed by atoms with E-state index in [1.165, 1.54) is 32.4 Å². The van der Waals surface area contributed by atoms with E-state index in [1.807, 2.05) is 0 Å². The molecular weight excluding hydrogens is 308 g/mol. The Bertz CT molecular complexity index is 261. The first-order valence-electron chi connectivity index (χ1n) is 9.57. The second kappa shape index (κ2) is 16.2. The molecule has 6 heteroatoms. The number of likely N-dealkylation sites (tertiary alicyclic amines) is 1. The fourth-order valence-electron chi connectivity index (χ4n) is 2.65. The first kappa shape index (κ1) is 21.8. The van der Waals surface area contributed by atoms with Gasteiger partial charge in [0, 0.05) is 19.2 Å². The Kier molecular flexibility index (Phi) is 14.8. The molecule has 6 nitrogen and oxygen atoms in total. The average molecular weight is 347 g/mol. The molecule has 0 aromatic carbocycles. The van der Waals surface area contributed by atoms with E-state index < -0.39 is 0 Å². The standard InChI is InChI=1S/C18H38N2O4/c1-3-4-10-21-12-14-23-16-17-24-15-13-22-11-9-20-7-5-18(19-2)6-8-20/h18-19H,3-17H2,1-2H3. The van der Waals surface area contributed by atoms with E-state index in [4.69, 9.17) is 18.9 Å². The maximum absolute atomic E-state index is 5.63. The molecule has 1 aliphatic rings. The summed E-state index contributed by atoms with van der Waals surface area (Å²) in [5, 5.41) is 3.35. The van der Waals surface area contributed by atoms with E-state index in [1.54, 1.807) is 0 Å². The van der Waals surface area contributed by atoms with E-state index in [9.17, 15) is 0 Å². The molecule has 1 rings (SSSR count). The molecule has 1 heterocycles. The lowest BCUT2D eigenvalue weighted by Crippen LogP contribution is -2.42. The molecule has 144 valence electrons. The van der Waals surface area contributed by atoms with Crippen molar-refractivity contribution in [2.24, 2.45) is 0 Å². The van der Waals surface area contributed by atoms with Crippen LogP contribution in [0.5, 0.6) is 0 Å². The Morgan fingerprint density at radius 2 is 1.29 bits per heavy atom. The SMILES string of the molecule is CCCCOCCOCCOCCOCCN1CCC(NC)CC1. The fraction of sp³-hybridized carbons (Fsp3) is 1.00. The van der Waals surface area contributed by atoms with Gasteiger partial charge in [0.1, 0.15) is 0 Å². The molecular formula is C18H38N2O4. The van der Waals surface area contributed by atoms with Gasteiger partial charge >= 0.3 is 0 Å². The molecule has 0 atom stereocenters. The van der Waals surface area contributed by atoms with E-state index in [0.717, 1.165) is 26.2 Å². The molecule has 1 aliphatic heterocycles. The van der Waals surface area contributed by atoms with Crippen LogP contribution in [0, 0.1) is 0 Å². The first-order valence-corrected chi connectivity index (χ1v) is 9.57. The summed E-state index contributed by atoms with van der Waals surface area (Å²) < 4.78 is 22.0. The van der Waals surface area contributed by atoms with E-state index in [-0.39, 0.29) is 0 Å². The van der Waals surface area contributed by atoms with Gasteiger partial charge in [0.2, 0.25) is 0 Å². The number of nitrogens with one attached hydrogen (secondary N) is 1. The third kappa shape index (κ3) is 12.2. The van der Waals surface area contributed by atoms with Crippen LogP contribution in [0.25, 0.3) is 0 Å². The molecule has 0 radical (unpaired) electrons. The highest BCUT2D eigenvalue weighted by Crippen LogP contribution is 2.08.